The quantitative estimate of drug-likeness (QED) is 0.667. The zero-order chi connectivity index (χ0) is 8.97. The molecule has 0 aromatic carbocycles. The van der Waals surface area contributed by atoms with Crippen LogP contribution in [-0.4, -0.2) is 38.4 Å². The molecule has 1 aliphatic heterocycles. The molecule has 0 aromatic rings. The highest BCUT2D eigenvalue weighted by atomic mass is 35.5. The number of ether oxygens (including phenoxy) is 2. The van der Waals surface area contributed by atoms with E-state index in [4.69, 9.17) is 4.74 Å². The van der Waals surface area contributed by atoms with Gasteiger partial charge in [-0.3, -0.25) is 0 Å². The zero-order valence-corrected chi connectivity index (χ0v) is 8.73. The molecule has 4 nitrogen and oxygen atoms in total. The Balaban J connectivity index is 0.00000144. The molecule has 1 rings (SSSR count). The van der Waals surface area contributed by atoms with Gasteiger partial charge in [-0.05, 0) is 6.42 Å². The number of hydrogen-bond donors (Lipinski definition) is 1. The Morgan fingerprint density at radius 1 is 1.62 bits per heavy atom. The predicted octanol–water partition coefficient (Wildman–Crippen LogP) is 0.348. The molecule has 78 valence electrons. The molecule has 0 unspecified atom stereocenters. The molecule has 1 N–H and O–H groups in total. The molecule has 0 saturated carbocycles. The molecule has 0 aromatic heterocycles. The maximum atomic E-state index is 11.0. The number of carbonyl (C=O) groups excluding carboxylic acids is 1. The number of morpholine rings is 1. The first-order valence-corrected chi connectivity index (χ1v) is 4.22. The standard InChI is InChI=1S/C8H15NO3.ClH/c1-3-6-4-9-5-7(12-6)8(10)11-2;/h6-7,9H,3-5H2,1-2H3;1H/t6-,7-;/m0./s1. The van der Waals surface area contributed by atoms with Gasteiger partial charge in [0.15, 0.2) is 6.10 Å². The Morgan fingerprint density at radius 3 is 2.85 bits per heavy atom. The monoisotopic (exact) mass is 209 g/mol. The first-order valence-electron chi connectivity index (χ1n) is 4.22. The highest BCUT2D eigenvalue weighted by Crippen LogP contribution is 2.07. The van der Waals surface area contributed by atoms with Gasteiger partial charge in [-0.25, -0.2) is 4.79 Å². The average molecular weight is 210 g/mol. The maximum Gasteiger partial charge on any atom is 0.336 e. The number of halogens is 1. The van der Waals surface area contributed by atoms with Gasteiger partial charge < -0.3 is 14.8 Å². The van der Waals surface area contributed by atoms with Crippen molar-refractivity contribution in [1.29, 1.82) is 0 Å². The van der Waals surface area contributed by atoms with Crippen molar-refractivity contribution in [2.45, 2.75) is 25.6 Å². The molecule has 0 aliphatic carbocycles. The summed E-state index contributed by atoms with van der Waals surface area (Å²) in [6.45, 7) is 3.42. The van der Waals surface area contributed by atoms with Crippen LogP contribution in [0.15, 0.2) is 0 Å². The molecule has 13 heavy (non-hydrogen) atoms. The Labute approximate surface area is 84.4 Å². The van der Waals surface area contributed by atoms with Crippen LogP contribution in [0.4, 0.5) is 0 Å². The van der Waals surface area contributed by atoms with E-state index in [9.17, 15) is 4.79 Å². The third-order valence-electron chi connectivity index (χ3n) is 1.98. The number of carbonyl (C=O) groups is 1. The van der Waals surface area contributed by atoms with Gasteiger partial charge in [-0.2, -0.15) is 0 Å². The number of hydrogen-bond acceptors (Lipinski definition) is 4. The largest absolute Gasteiger partial charge is 0.467 e. The van der Waals surface area contributed by atoms with Crippen LogP contribution in [0.3, 0.4) is 0 Å². The molecule has 5 heteroatoms. The molecule has 1 aliphatic rings. The molecule has 2 atom stereocenters. The van der Waals surface area contributed by atoms with Crippen LogP contribution >= 0.6 is 12.4 Å². The fourth-order valence-corrected chi connectivity index (χ4v) is 1.21. The predicted molar refractivity (Wildman–Crippen MR) is 51.1 cm³/mol. The van der Waals surface area contributed by atoms with E-state index in [0.29, 0.717) is 6.54 Å². The minimum atomic E-state index is -0.423. The second-order valence-corrected chi connectivity index (χ2v) is 2.84. The highest BCUT2D eigenvalue weighted by Gasteiger charge is 2.26. The van der Waals surface area contributed by atoms with Crippen LogP contribution in [0, 0.1) is 0 Å². The maximum absolute atomic E-state index is 11.0. The Bertz CT molecular complexity index is 165. The second kappa shape index (κ2) is 6.18. The summed E-state index contributed by atoms with van der Waals surface area (Å²) in [4.78, 5) is 11.0. The van der Waals surface area contributed by atoms with E-state index in [1.165, 1.54) is 7.11 Å². The van der Waals surface area contributed by atoms with Gasteiger partial charge in [-0.1, -0.05) is 6.92 Å². The second-order valence-electron chi connectivity index (χ2n) is 2.84. The van der Waals surface area contributed by atoms with E-state index >= 15 is 0 Å². The van der Waals surface area contributed by atoms with Gasteiger partial charge in [-0.15, -0.1) is 12.4 Å². The van der Waals surface area contributed by atoms with Gasteiger partial charge in [0, 0.05) is 13.1 Å². The van der Waals surface area contributed by atoms with Gasteiger partial charge >= 0.3 is 5.97 Å². The van der Waals surface area contributed by atoms with E-state index in [2.05, 4.69) is 10.1 Å². The lowest BCUT2D eigenvalue weighted by atomic mass is 10.2. The lowest BCUT2D eigenvalue weighted by Crippen LogP contribution is -2.48. The summed E-state index contributed by atoms with van der Waals surface area (Å²) in [6.07, 6.45) is 0.636. The van der Waals surface area contributed by atoms with Crippen molar-refractivity contribution >= 4 is 18.4 Å². The van der Waals surface area contributed by atoms with Crippen molar-refractivity contribution in [3.63, 3.8) is 0 Å². The minimum Gasteiger partial charge on any atom is -0.467 e. The number of nitrogens with one attached hydrogen (secondary N) is 1. The summed E-state index contributed by atoms with van der Waals surface area (Å²) in [5.41, 5.74) is 0. The van der Waals surface area contributed by atoms with E-state index in [-0.39, 0.29) is 24.5 Å². The lowest BCUT2D eigenvalue weighted by molar-refractivity contribution is -0.160. The van der Waals surface area contributed by atoms with E-state index < -0.39 is 6.10 Å². The van der Waals surface area contributed by atoms with Crippen LogP contribution < -0.4 is 5.32 Å². The number of esters is 1. The van der Waals surface area contributed by atoms with Crippen LogP contribution in [0.2, 0.25) is 0 Å². The van der Waals surface area contributed by atoms with Crippen molar-refractivity contribution in [2.75, 3.05) is 20.2 Å². The first kappa shape index (κ1) is 12.7. The van der Waals surface area contributed by atoms with Crippen LogP contribution in [0.5, 0.6) is 0 Å². The van der Waals surface area contributed by atoms with E-state index in [0.717, 1.165) is 13.0 Å². The Hall–Kier alpha value is -0.320. The number of methoxy groups -OCH3 is 1. The highest BCUT2D eigenvalue weighted by molar-refractivity contribution is 5.85. The van der Waals surface area contributed by atoms with Crippen LogP contribution in [0.1, 0.15) is 13.3 Å². The molecule has 0 radical (unpaired) electrons. The summed E-state index contributed by atoms with van der Waals surface area (Å²) in [5.74, 6) is -0.291. The summed E-state index contributed by atoms with van der Waals surface area (Å²) >= 11 is 0. The number of rotatable bonds is 2. The third kappa shape index (κ3) is 3.50. The lowest BCUT2D eigenvalue weighted by Gasteiger charge is -2.28. The van der Waals surface area contributed by atoms with Crippen molar-refractivity contribution in [2.24, 2.45) is 0 Å². The Kier molecular flexibility index (Phi) is 6.03. The topological polar surface area (TPSA) is 47.6 Å². The molecule has 1 saturated heterocycles. The van der Waals surface area contributed by atoms with Gasteiger partial charge in [0.2, 0.25) is 0 Å². The summed E-state index contributed by atoms with van der Waals surface area (Å²) < 4.78 is 10.0. The molecule has 0 amide bonds. The zero-order valence-electron chi connectivity index (χ0n) is 7.91. The average Bonchev–Trinajstić information content (AvgIpc) is 2.17. The van der Waals surface area contributed by atoms with Crippen LogP contribution in [0.25, 0.3) is 0 Å². The summed E-state index contributed by atoms with van der Waals surface area (Å²) in [7, 11) is 1.38. The summed E-state index contributed by atoms with van der Waals surface area (Å²) in [6, 6.07) is 0. The SMILES string of the molecule is CC[C@H]1CNC[C@@H](C(=O)OC)O1.Cl. The summed E-state index contributed by atoms with van der Waals surface area (Å²) in [5, 5.41) is 3.13. The fourth-order valence-electron chi connectivity index (χ4n) is 1.21. The first-order chi connectivity index (χ1) is 5.77. The molecule has 1 fully saturated rings. The smallest absolute Gasteiger partial charge is 0.336 e. The van der Waals surface area contributed by atoms with Crippen molar-refractivity contribution in [1.82, 2.24) is 5.32 Å². The molecule has 0 spiro atoms. The normalized spacial score (nSPS) is 27.5. The van der Waals surface area contributed by atoms with E-state index in [1.54, 1.807) is 0 Å². The fraction of sp³-hybridized carbons (Fsp3) is 0.875. The van der Waals surface area contributed by atoms with Crippen LogP contribution in [-0.2, 0) is 14.3 Å². The molecule has 0 bridgehead atoms. The Morgan fingerprint density at radius 2 is 2.31 bits per heavy atom. The van der Waals surface area contributed by atoms with Gasteiger partial charge in [0.25, 0.3) is 0 Å². The van der Waals surface area contributed by atoms with Crippen molar-refractivity contribution in [3.8, 4) is 0 Å². The van der Waals surface area contributed by atoms with Crippen molar-refractivity contribution < 1.29 is 14.3 Å². The third-order valence-corrected chi connectivity index (χ3v) is 1.98. The van der Waals surface area contributed by atoms with Gasteiger partial charge in [0.1, 0.15) is 0 Å². The molecular formula is C8H16ClNO3. The molecular weight excluding hydrogens is 194 g/mol. The van der Waals surface area contributed by atoms with E-state index in [1.807, 2.05) is 6.92 Å². The molecule has 1 heterocycles. The minimum absolute atomic E-state index is 0. The van der Waals surface area contributed by atoms with Gasteiger partial charge in [0.05, 0.1) is 13.2 Å². The van der Waals surface area contributed by atoms with Crippen molar-refractivity contribution in [3.05, 3.63) is 0 Å².